The lowest BCUT2D eigenvalue weighted by atomic mass is 10.1. The Morgan fingerprint density at radius 1 is 1.13 bits per heavy atom. The van der Waals surface area contributed by atoms with Crippen LogP contribution >= 0.6 is 11.8 Å². The van der Waals surface area contributed by atoms with E-state index in [2.05, 4.69) is 5.32 Å². The fourth-order valence-corrected chi connectivity index (χ4v) is 2.39. The van der Waals surface area contributed by atoms with Crippen molar-refractivity contribution in [2.45, 2.75) is 17.6 Å². The van der Waals surface area contributed by atoms with Crippen LogP contribution in [0.1, 0.15) is 21.5 Å². The Balaban J connectivity index is 2.12. The molecule has 122 valence electrons. The zero-order valence-electron chi connectivity index (χ0n) is 12.1. The van der Waals surface area contributed by atoms with Gasteiger partial charge in [0.2, 0.25) is 0 Å². The highest BCUT2D eigenvalue weighted by atomic mass is 32.2. The molecule has 1 amide bonds. The van der Waals surface area contributed by atoms with Gasteiger partial charge in [-0.15, -0.1) is 11.8 Å². The molecule has 0 unspecified atom stereocenters. The summed E-state index contributed by atoms with van der Waals surface area (Å²) in [4.78, 5) is 12.9. The minimum Gasteiger partial charge on any atom is -0.348 e. The molecule has 2 nitrogen and oxygen atoms in total. The first-order chi connectivity index (χ1) is 10.8. The average Bonchev–Trinajstić information content (AvgIpc) is 2.52. The molecule has 0 atom stereocenters. The molecule has 0 aliphatic carbocycles. The lowest BCUT2D eigenvalue weighted by molar-refractivity contribution is -0.138. The van der Waals surface area contributed by atoms with Gasteiger partial charge in [0.25, 0.3) is 5.91 Å². The maximum absolute atomic E-state index is 13.0. The Hall–Kier alpha value is -2.02. The molecule has 2 aromatic carbocycles. The van der Waals surface area contributed by atoms with Gasteiger partial charge in [-0.2, -0.15) is 13.2 Å². The third-order valence-electron chi connectivity index (χ3n) is 3.17. The summed E-state index contributed by atoms with van der Waals surface area (Å²) < 4.78 is 51.7. The molecular formula is C16H13F4NOS. The Morgan fingerprint density at radius 2 is 1.78 bits per heavy atom. The maximum atomic E-state index is 13.0. The van der Waals surface area contributed by atoms with Gasteiger partial charge in [0.15, 0.2) is 0 Å². The molecule has 0 bridgehead atoms. The number of alkyl halides is 3. The van der Waals surface area contributed by atoms with Crippen LogP contribution in [0.4, 0.5) is 17.6 Å². The van der Waals surface area contributed by atoms with Gasteiger partial charge in [0.05, 0.1) is 5.56 Å². The fraction of sp³-hybridized carbons (Fsp3) is 0.188. The van der Waals surface area contributed by atoms with Gasteiger partial charge in [0.1, 0.15) is 5.82 Å². The molecule has 2 aromatic rings. The van der Waals surface area contributed by atoms with Gasteiger partial charge in [-0.1, -0.05) is 6.07 Å². The first-order valence-corrected chi connectivity index (χ1v) is 7.81. The molecule has 0 aliphatic rings. The SMILES string of the molecule is CSc1ccc(C(=O)NCc2ccc(F)cc2C(F)(F)F)cc1. The van der Waals surface area contributed by atoms with E-state index in [1.807, 2.05) is 6.26 Å². The molecule has 0 saturated heterocycles. The van der Waals surface area contributed by atoms with Crippen molar-refractivity contribution >= 4 is 17.7 Å². The van der Waals surface area contributed by atoms with Crippen LogP contribution in [0.2, 0.25) is 0 Å². The van der Waals surface area contributed by atoms with Crippen LogP contribution in [-0.2, 0) is 12.7 Å². The molecule has 0 aliphatic heterocycles. The van der Waals surface area contributed by atoms with E-state index in [9.17, 15) is 22.4 Å². The molecule has 1 N–H and O–H groups in total. The van der Waals surface area contributed by atoms with E-state index in [1.165, 1.54) is 11.8 Å². The Labute approximate surface area is 134 Å². The smallest absolute Gasteiger partial charge is 0.348 e. The van der Waals surface area contributed by atoms with Crippen LogP contribution in [0, 0.1) is 5.82 Å². The molecule has 0 spiro atoms. The molecule has 7 heteroatoms. The third kappa shape index (κ3) is 4.48. The van der Waals surface area contributed by atoms with Gasteiger partial charge in [-0.05, 0) is 48.2 Å². The van der Waals surface area contributed by atoms with E-state index in [1.54, 1.807) is 24.3 Å². The van der Waals surface area contributed by atoms with Crippen molar-refractivity contribution in [3.8, 4) is 0 Å². The van der Waals surface area contributed by atoms with Crippen LogP contribution in [0.15, 0.2) is 47.4 Å². The van der Waals surface area contributed by atoms with Crippen molar-refractivity contribution in [1.29, 1.82) is 0 Å². The summed E-state index contributed by atoms with van der Waals surface area (Å²) in [5.74, 6) is -1.46. The van der Waals surface area contributed by atoms with Crippen molar-refractivity contribution in [3.05, 3.63) is 65.0 Å². The van der Waals surface area contributed by atoms with E-state index in [-0.39, 0.29) is 12.1 Å². The predicted molar refractivity (Wildman–Crippen MR) is 80.8 cm³/mol. The summed E-state index contributed by atoms with van der Waals surface area (Å²) in [5.41, 5.74) is -0.929. The lowest BCUT2D eigenvalue weighted by Gasteiger charge is -2.13. The zero-order chi connectivity index (χ0) is 17.0. The summed E-state index contributed by atoms with van der Waals surface area (Å²) in [6.07, 6.45) is -2.79. The van der Waals surface area contributed by atoms with Gasteiger partial charge >= 0.3 is 6.18 Å². The molecule has 0 radical (unpaired) electrons. The number of halogens is 4. The number of hydrogen-bond donors (Lipinski definition) is 1. The largest absolute Gasteiger partial charge is 0.416 e. The van der Waals surface area contributed by atoms with Crippen molar-refractivity contribution < 1.29 is 22.4 Å². The summed E-state index contributed by atoms with van der Waals surface area (Å²) in [7, 11) is 0. The third-order valence-corrected chi connectivity index (χ3v) is 3.91. The quantitative estimate of drug-likeness (QED) is 0.654. The molecule has 0 saturated carbocycles. The zero-order valence-corrected chi connectivity index (χ0v) is 12.9. The monoisotopic (exact) mass is 343 g/mol. The predicted octanol–water partition coefficient (Wildman–Crippen LogP) is 4.50. The summed E-state index contributed by atoms with van der Waals surface area (Å²) in [6.45, 7) is -0.335. The Bertz CT molecular complexity index is 698. The average molecular weight is 343 g/mol. The van der Waals surface area contributed by atoms with E-state index < -0.39 is 23.5 Å². The second-order valence-corrected chi connectivity index (χ2v) is 5.59. The molecule has 0 heterocycles. The van der Waals surface area contributed by atoms with E-state index in [0.717, 1.165) is 17.0 Å². The minimum atomic E-state index is -4.68. The summed E-state index contributed by atoms with van der Waals surface area (Å²) in [6, 6.07) is 9.07. The van der Waals surface area contributed by atoms with Crippen LogP contribution in [0.5, 0.6) is 0 Å². The van der Waals surface area contributed by atoms with Gasteiger partial charge < -0.3 is 5.32 Å². The second-order valence-electron chi connectivity index (χ2n) is 4.71. The highest BCUT2D eigenvalue weighted by Crippen LogP contribution is 2.32. The van der Waals surface area contributed by atoms with Crippen LogP contribution in [-0.4, -0.2) is 12.2 Å². The number of amides is 1. The van der Waals surface area contributed by atoms with Crippen LogP contribution in [0.3, 0.4) is 0 Å². The number of carbonyl (C=O) groups is 1. The molecule has 0 fully saturated rings. The Morgan fingerprint density at radius 3 is 2.35 bits per heavy atom. The minimum absolute atomic E-state index is 0.187. The van der Waals surface area contributed by atoms with Crippen molar-refractivity contribution in [3.63, 3.8) is 0 Å². The highest BCUT2D eigenvalue weighted by molar-refractivity contribution is 7.98. The van der Waals surface area contributed by atoms with Crippen LogP contribution in [0.25, 0.3) is 0 Å². The maximum Gasteiger partial charge on any atom is 0.416 e. The fourth-order valence-electron chi connectivity index (χ4n) is 1.99. The first kappa shape index (κ1) is 17.3. The Kier molecular flexibility index (Phi) is 5.30. The van der Waals surface area contributed by atoms with Crippen LogP contribution < -0.4 is 5.32 Å². The highest BCUT2D eigenvalue weighted by Gasteiger charge is 2.33. The molecule has 2 rings (SSSR count). The lowest BCUT2D eigenvalue weighted by Crippen LogP contribution is -2.24. The molecular weight excluding hydrogens is 330 g/mol. The number of benzene rings is 2. The molecule has 23 heavy (non-hydrogen) atoms. The van der Waals surface area contributed by atoms with E-state index in [0.29, 0.717) is 11.6 Å². The van der Waals surface area contributed by atoms with E-state index in [4.69, 9.17) is 0 Å². The number of nitrogens with one attached hydrogen (secondary N) is 1. The van der Waals surface area contributed by atoms with E-state index >= 15 is 0 Å². The van der Waals surface area contributed by atoms with Crippen molar-refractivity contribution in [1.82, 2.24) is 5.32 Å². The first-order valence-electron chi connectivity index (χ1n) is 6.59. The standard InChI is InChI=1S/C16H13F4NOS/c1-23-13-6-3-10(4-7-13)15(22)21-9-11-2-5-12(17)8-14(11)16(18,19)20/h2-8H,9H2,1H3,(H,21,22). The summed E-state index contributed by atoms with van der Waals surface area (Å²) in [5, 5.41) is 2.42. The van der Waals surface area contributed by atoms with Gasteiger partial charge in [-0.25, -0.2) is 4.39 Å². The number of carbonyl (C=O) groups excluding carboxylic acids is 1. The number of rotatable bonds is 4. The number of hydrogen-bond acceptors (Lipinski definition) is 2. The normalized spacial score (nSPS) is 11.3. The number of thioether (sulfide) groups is 1. The molecule has 0 aromatic heterocycles. The van der Waals surface area contributed by atoms with Crippen molar-refractivity contribution in [2.24, 2.45) is 0 Å². The topological polar surface area (TPSA) is 29.1 Å². The van der Waals surface area contributed by atoms with Crippen molar-refractivity contribution in [2.75, 3.05) is 6.26 Å². The second kappa shape index (κ2) is 7.04. The van der Waals surface area contributed by atoms with Gasteiger partial charge in [0, 0.05) is 17.0 Å². The summed E-state index contributed by atoms with van der Waals surface area (Å²) >= 11 is 1.51. The van der Waals surface area contributed by atoms with Gasteiger partial charge in [-0.3, -0.25) is 4.79 Å².